The predicted molar refractivity (Wildman–Crippen MR) is 141 cm³/mol. The largest absolute Gasteiger partial charge is 0.486 e. The van der Waals surface area contributed by atoms with E-state index >= 15 is 0 Å². The van der Waals surface area contributed by atoms with Crippen molar-refractivity contribution in [1.29, 1.82) is 0 Å². The van der Waals surface area contributed by atoms with E-state index in [2.05, 4.69) is 24.0 Å². The van der Waals surface area contributed by atoms with Gasteiger partial charge in [0.1, 0.15) is 11.6 Å². The van der Waals surface area contributed by atoms with Crippen LogP contribution in [0.3, 0.4) is 0 Å². The first kappa shape index (κ1) is 24.2. The molecule has 0 unspecified atom stereocenters. The summed E-state index contributed by atoms with van der Waals surface area (Å²) in [6.07, 6.45) is 11.0. The number of benzene rings is 1. The third-order valence-electron chi connectivity index (χ3n) is 6.44. The molecule has 1 amide bonds. The number of rotatable bonds is 9. The van der Waals surface area contributed by atoms with Crippen molar-refractivity contribution in [2.45, 2.75) is 52.0 Å². The fraction of sp³-hybridized carbons (Fsp3) is 0.407. The molecule has 5 rings (SSSR count). The van der Waals surface area contributed by atoms with Gasteiger partial charge in [0.05, 0.1) is 6.61 Å². The number of carbonyl (C=O) groups is 1. The predicted octanol–water partition coefficient (Wildman–Crippen LogP) is 4.40. The number of fused-ring (bicyclic) bond motifs is 1. The molecule has 1 fully saturated rings. The highest BCUT2D eigenvalue weighted by molar-refractivity contribution is 7.15. The molecular weight excluding hydrogens is 474 g/mol. The van der Waals surface area contributed by atoms with Gasteiger partial charge in [-0.3, -0.25) is 9.59 Å². The monoisotopic (exact) mass is 505 g/mol. The van der Waals surface area contributed by atoms with Crippen molar-refractivity contribution in [3.63, 3.8) is 0 Å². The van der Waals surface area contributed by atoms with Gasteiger partial charge in [-0.2, -0.15) is 0 Å². The lowest BCUT2D eigenvalue weighted by atomic mass is 10.1. The van der Waals surface area contributed by atoms with Crippen LogP contribution in [-0.2, 0) is 17.8 Å². The molecule has 1 aliphatic rings. The first-order valence-electron chi connectivity index (χ1n) is 12.6. The summed E-state index contributed by atoms with van der Waals surface area (Å²) in [5.41, 5.74) is 1.35. The molecule has 8 nitrogen and oxygen atoms in total. The lowest BCUT2D eigenvalue weighted by Crippen LogP contribution is -2.37. The Kier molecular flexibility index (Phi) is 7.46. The van der Waals surface area contributed by atoms with Gasteiger partial charge in [-0.1, -0.05) is 43.7 Å². The number of unbranched alkanes of at least 4 members (excludes halogenated alkanes) is 1. The molecule has 4 aromatic rings. The Labute approximate surface area is 214 Å². The number of thiazole rings is 1. The van der Waals surface area contributed by atoms with Gasteiger partial charge in [-0.25, -0.2) is 14.4 Å². The summed E-state index contributed by atoms with van der Waals surface area (Å²) in [5, 5.41) is 0.641. The van der Waals surface area contributed by atoms with Gasteiger partial charge in [0.25, 0.3) is 0 Å². The molecule has 1 aliphatic heterocycles. The van der Waals surface area contributed by atoms with Crippen molar-refractivity contribution in [2.75, 3.05) is 19.7 Å². The number of ether oxygens (including phenoxy) is 1. The van der Waals surface area contributed by atoms with Crippen LogP contribution in [0.5, 0.6) is 5.75 Å². The maximum atomic E-state index is 13.5. The van der Waals surface area contributed by atoms with Crippen molar-refractivity contribution >= 4 is 23.0 Å². The van der Waals surface area contributed by atoms with Crippen molar-refractivity contribution in [3.05, 3.63) is 69.7 Å². The highest BCUT2D eigenvalue weighted by Crippen LogP contribution is 2.31. The molecule has 0 N–H and O–H groups in total. The summed E-state index contributed by atoms with van der Waals surface area (Å²) in [5.74, 6) is 0.677. The number of piperidine rings is 1. The Bertz CT molecular complexity index is 1390. The van der Waals surface area contributed by atoms with E-state index in [1.54, 1.807) is 17.0 Å². The van der Waals surface area contributed by atoms with Gasteiger partial charge in [0, 0.05) is 43.0 Å². The van der Waals surface area contributed by atoms with E-state index in [4.69, 9.17) is 9.72 Å². The number of aromatic nitrogens is 4. The smallest absolute Gasteiger partial charge is 0.302 e. The van der Waals surface area contributed by atoms with Crippen LogP contribution in [0.4, 0.5) is 0 Å². The van der Waals surface area contributed by atoms with Crippen LogP contribution in [0.2, 0.25) is 0 Å². The van der Waals surface area contributed by atoms with Crippen molar-refractivity contribution in [1.82, 2.24) is 23.8 Å². The van der Waals surface area contributed by atoms with E-state index in [1.165, 1.54) is 21.3 Å². The van der Waals surface area contributed by atoms with Crippen LogP contribution in [0.1, 0.15) is 49.5 Å². The Morgan fingerprint density at radius 1 is 1.11 bits per heavy atom. The highest BCUT2D eigenvalue weighted by atomic mass is 32.1. The standard InChI is InChI=1S/C27H31N5O3S/c1-2-3-16-35-24-23(25-28-18-21(36-25)17-20-10-6-4-7-11-20)29-27-31(14-15-32(27)26(24)34)19-22(33)30-12-8-5-9-13-30/h4,6-7,10-11,14-15,18H,2-3,5,8-9,12-13,16-17,19H2,1H3. The molecule has 4 heterocycles. The number of amides is 1. The Morgan fingerprint density at radius 3 is 2.69 bits per heavy atom. The van der Waals surface area contributed by atoms with Crippen LogP contribution in [0.15, 0.2) is 53.7 Å². The van der Waals surface area contributed by atoms with E-state index < -0.39 is 0 Å². The Morgan fingerprint density at radius 2 is 1.92 bits per heavy atom. The van der Waals surface area contributed by atoms with E-state index in [0.717, 1.165) is 56.5 Å². The summed E-state index contributed by atoms with van der Waals surface area (Å²) >= 11 is 1.51. The molecule has 0 aliphatic carbocycles. The minimum absolute atomic E-state index is 0.0475. The first-order valence-corrected chi connectivity index (χ1v) is 13.5. The molecule has 0 radical (unpaired) electrons. The van der Waals surface area contributed by atoms with Gasteiger partial charge in [-0.15, -0.1) is 11.3 Å². The quantitative estimate of drug-likeness (QED) is 0.315. The minimum Gasteiger partial charge on any atom is -0.486 e. The maximum absolute atomic E-state index is 13.5. The third-order valence-corrected chi connectivity index (χ3v) is 7.45. The van der Waals surface area contributed by atoms with E-state index in [-0.39, 0.29) is 23.8 Å². The first-order chi connectivity index (χ1) is 17.6. The molecule has 9 heteroatoms. The molecule has 36 heavy (non-hydrogen) atoms. The SMILES string of the molecule is CCCCOc1c(-c2ncc(Cc3ccccc3)s2)nc2n(CC(=O)N3CCCCC3)ccn2c1=O. The maximum Gasteiger partial charge on any atom is 0.302 e. The second kappa shape index (κ2) is 11.1. The zero-order valence-corrected chi connectivity index (χ0v) is 21.4. The Hall–Kier alpha value is -3.46. The number of carbonyl (C=O) groups excluding carboxylic acids is 1. The van der Waals surface area contributed by atoms with E-state index in [0.29, 0.717) is 23.1 Å². The topological polar surface area (TPSA) is 81.7 Å². The molecule has 0 spiro atoms. The van der Waals surface area contributed by atoms with Crippen molar-refractivity contribution < 1.29 is 9.53 Å². The van der Waals surface area contributed by atoms with Crippen LogP contribution < -0.4 is 10.3 Å². The summed E-state index contributed by atoms with van der Waals surface area (Å²) in [7, 11) is 0. The van der Waals surface area contributed by atoms with Crippen molar-refractivity contribution in [3.8, 4) is 16.5 Å². The van der Waals surface area contributed by atoms with Crippen LogP contribution in [0, 0.1) is 0 Å². The van der Waals surface area contributed by atoms with Gasteiger partial charge in [-0.05, 0) is 31.2 Å². The fourth-order valence-corrected chi connectivity index (χ4v) is 5.39. The second-order valence-electron chi connectivity index (χ2n) is 9.13. The van der Waals surface area contributed by atoms with E-state index in [9.17, 15) is 9.59 Å². The third kappa shape index (κ3) is 5.21. The molecule has 188 valence electrons. The van der Waals surface area contributed by atoms with E-state index in [1.807, 2.05) is 29.3 Å². The molecule has 0 bridgehead atoms. The number of likely N-dealkylation sites (tertiary alicyclic amines) is 1. The molecule has 1 saturated heterocycles. The highest BCUT2D eigenvalue weighted by Gasteiger charge is 2.23. The molecule has 3 aromatic heterocycles. The zero-order chi connectivity index (χ0) is 24.9. The van der Waals surface area contributed by atoms with Crippen LogP contribution in [0.25, 0.3) is 16.5 Å². The summed E-state index contributed by atoms with van der Waals surface area (Å²) < 4.78 is 9.18. The number of hydrogen-bond acceptors (Lipinski definition) is 6. The summed E-state index contributed by atoms with van der Waals surface area (Å²) in [4.78, 5) is 38.8. The number of nitrogens with zero attached hydrogens (tertiary/aromatic N) is 5. The Balaban J connectivity index is 1.50. The molecular formula is C27H31N5O3S. The van der Waals surface area contributed by atoms with Gasteiger partial charge in [0.15, 0.2) is 5.69 Å². The van der Waals surface area contributed by atoms with Gasteiger partial charge in [0.2, 0.25) is 17.4 Å². The average Bonchev–Trinajstić information content (AvgIpc) is 3.53. The van der Waals surface area contributed by atoms with Crippen LogP contribution >= 0.6 is 11.3 Å². The summed E-state index contributed by atoms with van der Waals surface area (Å²) in [6, 6.07) is 10.2. The molecule has 1 aromatic carbocycles. The number of hydrogen-bond donors (Lipinski definition) is 0. The summed E-state index contributed by atoms with van der Waals surface area (Å²) in [6.45, 7) is 4.23. The zero-order valence-electron chi connectivity index (χ0n) is 20.6. The normalized spacial score (nSPS) is 13.9. The molecule has 0 saturated carbocycles. The average molecular weight is 506 g/mol. The minimum atomic E-state index is -0.282. The van der Waals surface area contributed by atoms with Crippen molar-refractivity contribution in [2.24, 2.45) is 0 Å². The van der Waals surface area contributed by atoms with Gasteiger partial charge < -0.3 is 14.2 Å². The van der Waals surface area contributed by atoms with Crippen LogP contribution in [-0.4, -0.2) is 49.4 Å². The lowest BCUT2D eigenvalue weighted by molar-refractivity contribution is -0.132. The fourth-order valence-electron chi connectivity index (χ4n) is 4.46. The van der Waals surface area contributed by atoms with Gasteiger partial charge >= 0.3 is 5.56 Å². The molecule has 0 atom stereocenters. The lowest BCUT2D eigenvalue weighted by Gasteiger charge is -2.26. The number of imidazole rings is 1. The second-order valence-corrected chi connectivity index (χ2v) is 10.2.